The molecule has 1 aliphatic carbocycles. The van der Waals surface area contributed by atoms with Crippen molar-refractivity contribution >= 4 is 5.82 Å². The lowest BCUT2D eigenvalue weighted by molar-refractivity contribution is 0.312. The van der Waals surface area contributed by atoms with Gasteiger partial charge in [0.2, 0.25) is 0 Å². The van der Waals surface area contributed by atoms with Crippen LogP contribution in [0.5, 0.6) is 0 Å². The number of H-pyrrole nitrogens is 1. The van der Waals surface area contributed by atoms with Crippen LogP contribution in [0.3, 0.4) is 0 Å². The van der Waals surface area contributed by atoms with Gasteiger partial charge in [0.25, 0.3) is 0 Å². The third-order valence-corrected chi connectivity index (χ3v) is 3.51. The minimum atomic E-state index is 0.554. The summed E-state index contributed by atoms with van der Waals surface area (Å²) in [5, 5.41) is 7.17. The van der Waals surface area contributed by atoms with Crippen LogP contribution >= 0.6 is 0 Å². The van der Waals surface area contributed by atoms with Gasteiger partial charge in [0.15, 0.2) is 5.82 Å². The lowest BCUT2D eigenvalue weighted by Gasteiger charge is -2.24. The fourth-order valence-electron chi connectivity index (χ4n) is 2.32. The molecule has 0 aliphatic heterocycles. The molecule has 3 N–H and O–H groups in total. The van der Waals surface area contributed by atoms with Crippen LogP contribution in [-0.4, -0.2) is 15.2 Å². The molecule has 2 aromatic rings. The summed E-state index contributed by atoms with van der Waals surface area (Å²) in [6.07, 6.45) is 6.82. The maximum absolute atomic E-state index is 5.93. The highest BCUT2D eigenvalue weighted by Gasteiger charge is 2.22. The second-order valence-corrected chi connectivity index (χ2v) is 4.68. The molecule has 4 heteroatoms. The minimum absolute atomic E-state index is 0.554. The molecule has 3 rings (SSSR count). The molecular formula is C13H16N4. The summed E-state index contributed by atoms with van der Waals surface area (Å²) >= 11 is 0. The largest absolute Gasteiger partial charge is 0.382 e. The highest BCUT2D eigenvalue weighted by molar-refractivity contribution is 5.73. The van der Waals surface area contributed by atoms with E-state index in [1.54, 1.807) is 6.20 Å². The predicted octanol–water partition coefficient (Wildman–Crippen LogP) is 2.40. The van der Waals surface area contributed by atoms with E-state index in [0.29, 0.717) is 5.82 Å². The van der Waals surface area contributed by atoms with Crippen LogP contribution in [0.4, 0.5) is 5.82 Å². The number of nitrogens with zero attached hydrogens (tertiary/aromatic N) is 2. The van der Waals surface area contributed by atoms with Gasteiger partial charge in [-0.25, -0.2) is 0 Å². The number of aromatic amines is 1. The van der Waals surface area contributed by atoms with E-state index in [2.05, 4.69) is 15.2 Å². The summed E-state index contributed by atoms with van der Waals surface area (Å²) in [5.41, 5.74) is 8.95. The van der Waals surface area contributed by atoms with E-state index in [4.69, 9.17) is 5.73 Å². The molecule has 0 aromatic carbocycles. The quantitative estimate of drug-likeness (QED) is 0.847. The number of aromatic nitrogens is 3. The average molecular weight is 228 g/mol. The number of pyridine rings is 1. The van der Waals surface area contributed by atoms with Gasteiger partial charge in [0.05, 0.1) is 11.3 Å². The van der Waals surface area contributed by atoms with Crippen molar-refractivity contribution in [1.82, 2.24) is 15.2 Å². The highest BCUT2D eigenvalue weighted by Crippen LogP contribution is 2.34. The van der Waals surface area contributed by atoms with Gasteiger partial charge in [0, 0.05) is 11.9 Å². The van der Waals surface area contributed by atoms with Gasteiger partial charge in [-0.3, -0.25) is 10.1 Å². The third-order valence-electron chi connectivity index (χ3n) is 3.51. The molecule has 17 heavy (non-hydrogen) atoms. The Labute approximate surface area is 100 Å². The van der Waals surface area contributed by atoms with Crippen LogP contribution in [-0.2, 0) is 6.42 Å². The molecule has 1 saturated carbocycles. The topological polar surface area (TPSA) is 67.6 Å². The number of anilines is 1. The normalized spacial score (nSPS) is 15.8. The Bertz CT molecular complexity index is 499. The van der Waals surface area contributed by atoms with E-state index in [-0.39, 0.29) is 0 Å². The smallest absolute Gasteiger partial charge is 0.154 e. The fraction of sp³-hybridized carbons (Fsp3) is 0.385. The molecule has 0 saturated heterocycles. The van der Waals surface area contributed by atoms with Crippen LogP contribution in [0.25, 0.3) is 11.3 Å². The van der Waals surface area contributed by atoms with Crippen molar-refractivity contribution in [1.29, 1.82) is 0 Å². The van der Waals surface area contributed by atoms with E-state index in [1.165, 1.54) is 19.3 Å². The predicted molar refractivity (Wildman–Crippen MR) is 67.3 cm³/mol. The van der Waals surface area contributed by atoms with Gasteiger partial charge in [-0.15, -0.1) is 0 Å². The van der Waals surface area contributed by atoms with E-state index in [9.17, 15) is 0 Å². The summed E-state index contributed by atoms with van der Waals surface area (Å²) in [6.45, 7) is 0. The summed E-state index contributed by atoms with van der Waals surface area (Å²) in [7, 11) is 0. The van der Waals surface area contributed by atoms with Crippen molar-refractivity contribution in [3.63, 3.8) is 0 Å². The van der Waals surface area contributed by atoms with E-state index in [1.807, 2.05) is 18.2 Å². The maximum atomic E-state index is 5.93. The second kappa shape index (κ2) is 4.20. The number of hydrogen-bond acceptors (Lipinski definition) is 3. The standard InChI is InChI=1S/C13H16N4/c14-13-12(10-6-1-2-7-15-10)11(16-17-13)8-9-4-3-5-9/h1-2,6-7,9H,3-5,8H2,(H3,14,16,17). The Morgan fingerprint density at radius 1 is 1.35 bits per heavy atom. The van der Waals surface area contributed by atoms with Crippen molar-refractivity contribution in [2.24, 2.45) is 5.92 Å². The van der Waals surface area contributed by atoms with E-state index in [0.717, 1.165) is 29.3 Å². The average Bonchev–Trinajstić information content (AvgIpc) is 2.66. The van der Waals surface area contributed by atoms with Gasteiger partial charge in [-0.1, -0.05) is 25.3 Å². The summed E-state index contributed by atoms with van der Waals surface area (Å²) < 4.78 is 0. The molecule has 1 aliphatic rings. The zero-order valence-corrected chi connectivity index (χ0v) is 9.69. The first kappa shape index (κ1) is 10.3. The Morgan fingerprint density at radius 3 is 2.88 bits per heavy atom. The highest BCUT2D eigenvalue weighted by atomic mass is 15.2. The van der Waals surface area contributed by atoms with Gasteiger partial charge < -0.3 is 5.73 Å². The van der Waals surface area contributed by atoms with Crippen LogP contribution < -0.4 is 5.73 Å². The molecule has 2 heterocycles. The molecule has 0 atom stereocenters. The molecule has 0 radical (unpaired) electrons. The first-order valence-corrected chi connectivity index (χ1v) is 6.08. The Balaban J connectivity index is 1.94. The maximum Gasteiger partial charge on any atom is 0.154 e. The van der Waals surface area contributed by atoms with Gasteiger partial charge in [0.1, 0.15) is 0 Å². The monoisotopic (exact) mass is 228 g/mol. The zero-order chi connectivity index (χ0) is 11.7. The first-order valence-electron chi connectivity index (χ1n) is 6.08. The lowest BCUT2D eigenvalue weighted by atomic mass is 9.81. The van der Waals surface area contributed by atoms with E-state index >= 15 is 0 Å². The Hall–Kier alpha value is -1.84. The summed E-state index contributed by atoms with van der Waals surface area (Å²) in [6, 6.07) is 5.86. The van der Waals surface area contributed by atoms with Crippen LogP contribution in [0, 0.1) is 5.92 Å². The third kappa shape index (κ3) is 1.90. The number of nitrogens with one attached hydrogen (secondary N) is 1. The molecule has 4 nitrogen and oxygen atoms in total. The Kier molecular flexibility index (Phi) is 2.55. The van der Waals surface area contributed by atoms with E-state index < -0.39 is 0 Å². The Morgan fingerprint density at radius 2 is 2.24 bits per heavy atom. The number of rotatable bonds is 3. The van der Waals surface area contributed by atoms with Gasteiger partial charge in [-0.05, 0) is 24.5 Å². The first-order chi connectivity index (χ1) is 8.34. The minimum Gasteiger partial charge on any atom is -0.382 e. The summed E-state index contributed by atoms with van der Waals surface area (Å²) in [4.78, 5) is 4.35. The molecule has 88 valence electrons. The molecular weight excluding hydrogens is 212 g/mol. The van der Waals surface area contributed by atoms with Crippen molar-refractivity contribution in [3.05, 3.63) is 30.1 Å². The van der Waals surface area contributed by atoms with Crippen LogP contribution in [0.1, 0.15) is 25.0 Å². The second-order valence-electron chi connectivity index (χ2n) is 4.68. The lowest BCUT2D eigenvalue weighted by Crippen LogP contribution is -2.14. The van der Waals surface area contributed by atoms with Crippen LogP contribution in [0.15, 0.2) is 24.4 Å². The van der Waals surface area contributed by atoms with Gasteiger partial charge >= 0.3 is 0 Å². The summed E-state index contributed by atoms with van der Waals surface area (Å²) in [5.74, 6) is 1.34. The van der Waals surface area contributed by atoms with Crippen molar-refractivity contribution in [2.45, 2.75) is 25.7 Å². The zero-order valence-electron chi connectivity index (χ0n) is 9.69. The van der Waals surface area contributed by atoms with Crippen molar-refractivity contribution in [3.8, 4) is 11.3 Å². The van der Waals surface area contributed by atoms with Crippen molar-refractivity contribution < 1.29 is 0 Å². The molecule has 1 fully saturated rings. The van der Waals surface area contributed by atoms with Gasteiger partial charge in [-0.2, -0.15) is 5.10 Å². The molecule has 0 unspecified atom stereocenters. The van der Waals surface area contributed by atoms with Crippen LogP contribution in [0.2, 0.25) is 0 Å². The number of nitrogen functional groups attached to an aromatic ring is 1. The van der Waals surface area contributed by atoms with Crippen molar-refractivity contribution in [2.75, 3.05) is 5.73 Å². The SMILES string of the molecule is Nc1n[nH]c(CC2CCC2)c1-c1ccccn1. The molecule has 0 spiro atoms. The molecule has 2 aromatic heterocycles. The number of nitrogens with two attached hydrogens (primary N) is 1. The molecule has 0 amide bonds. The number of hydrogen-bond donors (Lipinski definition) is 2. The fourth-order valence-corrected chi connectivity index (χ4v) is 2.32. The molecule has 0 bridgehead atoms.